The maximum absolute atomic E-state index is 11.4. The molecule has 8 heteroatoms. The van der Waals surface area contributed by atoms with E-state index < -0.39 is 10.8 Å². The SMILES string of the molecule is CC(CO)Sc1nc(Nc2ccc(S(C)=O)cc2)ncc1Br. The van der Waals surface area contributed by atoms with Crippen LogP contribution in [0.3, 0.4) is 0 Å². The van der Waals surface area contributed by atoms with Gasteiger partial charge in [0.25, 0.3) is 0 Å². The van der Waals surface area contributed by atoms with Gasteiger partial charge in [0, 0.05) is 39.1 Å². The third-order valence-electron chi connectivity index (χ3n) is 2.72. The number of hydrogen-bond acceptors (Lipinski definition) is 6. The van der Waals surface area contributed by atoms with E-state index in [2.05, 4.69) is 31.2 Å². The van der Waals surface area contributed by atoms with Gasteiger partial charge in [-0.2, -0.15) is 0 Å². The van der Waals surface area contributed by atoms with Crippen LogP contribution in [0.15, 0.2) is 44.9 Å². The number of thioether (sulfide) groups is 1. The maximum Gasteiger partial charge on any atom is 0.228 e. The normalized spacial score (nSPS) is 13.6. The number of nitrogens with zero attached hydrogens (tertiary/aromatic N) is 2. The second-order valence-corrected chi connectivity index (χ2v) is 8.22. The number of aliphatic hydroxyl groups is 1. The molecule has 2 aromatic rings. The quantitative estimate of drug-likeness (QED) is 0.571. The summed E-state index contributed by atoms with van der Waals surface area (Å²) in [6, 6.07) is 7.29. The first-order valence-corrected chi connectivity index (χ1v) is 9.73. The van der Waals surface area contributed by atoms with E-state index >= 15 is 0 Å². The molecule has 0 fully saturated rings. The van der Waals surface area contributed by atoms with E-state index in [1.165, 1.54) is 11.8 Å². The van der Waals surface area contributed by atoms with Crippen LogP contribution in [-0.4, -0.2) is 37.4 Å². The summed E-state index contributed by atoms with van der Waals surface area (Å²) in [4.78, 5) is 9.43. The molecule has 0 aliphatic heterocycles. The van der Waals surface area contributed by atoms with Gasteiger partial charge in [0.05, 0.1) is 11.1 Å². The second-order valence-electron chi connectivity index (χ2n) is 4.56. The van der Waals surface area contributed by atoms with Gasteiger partial charge < -0.3 is 10.4 Å². The van der Waals surface area contributed by atoms with Gasteiger partial charge in [-0.05, 0) is 40.2 Å². The second kappa shape index (κ2) is 8.05. The summed E-state index contributed by atoms with van der Waals surface area (Å²) >= 11 is 4.88. The lowest BCUT2D eigenvalue weighted by atomic mass is 10.3. The minimum absolute atomic E-state index is 0.0536. The van der Waals surface area contributed by atoms with Crippen molar-refractivity contribution in [1.82, 2.24) is 9.97 Å². The van der Waals surface area contributed by atoms with E-state index in [0.29, 0.717) is 5.95 Å². The van der Waals surface area contributed by atoms with Crippen molar-refractivity contribution < 1.29 is 9.32 Å². The lowest BCUT2D eigenvalue weighted by Gasteiger charge is -2.10. The van der Waals surface area contributed by atoms with Crippen molar-refractivity contribution in [3.05, 3.63) is 34.9 Å². The van der Waals surface area contributed by atoms with Crippen molar-refractivity contribution in [2.45, 2.75) is 22.1 Å². The smallest absolute Gasteiger partial charge is 0.228 e. The number of rotatable bonds is 6. The fourth-order valence-corrected chi connectivity index (χ4v) is 3.33. The lowest BCUT2D eigenvalue weighted by molar-refractivity contribution is 0.300. The molecule has 2 rings (SSSR count). The maximum atomic E-state index is 11.4. The van der Waals surface area contributed by atoms with Gasteiger partial charge in [0.1, 0.15) is 5.03 Å². The Kier molecular flexibility index (Phi) is 6.37. The van der Waals surface area contributed by atoms with Crippen LogP contribution in [0.25, 0.3) is 0 Å². The molecule has 0 radical (unpaired) electrons. The molecule has 22 heavy (non-hydrogen) atoms. The summed E-state index contributed by atoms with van der Waals surface area (Å²) in [5, 5.41) is 13.1. The zero-order valence-corrected chi connectivity index (χ0v) is 15.3. The Bertz CT molecular complexity index is 668. The summed E-state index contributed by atoms with van der Waals surface area (Å²) in [7, 11) is -0.991. The van der Waals surface area contributed by atoms with E-state index in [9.17, 15) is 4.21 Å². The summed E-state index contributed by atoms with van der Waals surface area (Å²) in [5.41, 5.74) is 0.822. The molecule has 0 aliphatic rings. The van der Waals surface area contributed by atoms with Crippen molar-refractivity contribution in [2.75, 3.05) is 18.2 Å². The summed E-state index contributed by atoms with van der Waals surface area (Å²) < 4.78 is 12.2. The number of aliphatic hydroxyl groups excluding tert-OH is 1. The molecule has 2 N–H and O–H groups in total. The molecular weight excluding hydrogens is 386 g/mol. The predicted molar refractivity (Wildman–Crippen MR) is 94.2 cm³/mol. The molecule has 5 nitrogen and oxygen atoms in total. The first-order valence-electron chi connectivity index (χ1n) is 6.50. The number of benzene rings is 1. The topological polar surface area (TPSA) is 75.1 Å². The van der Waals surface area contributed by atoms with E-state index in [1.807, 2.05) is 19.1 Å². The zero-order chi connectivity index (χ0) is 16.1. The molecule has 0 bridgehead atoms. The molecule has 1 heterocycles. The van der Waals surface area contributed by atoms with Crippen molar-refractivity contribution in [1.29, 1.82) is 0 Å². The summed E-state index contributed by atoms with van der Waals surface area (Å²) in [6.45, 7) is 2.01. The highest BCUT2D eigenvalue weighted by molar-refractivity contribution is 9.10. The average Bonchev–Trinajstić information content (AvgIpc) is 2.51. The Hall–Kier alpha value is -0.960. The van der Waals surface area contributed by atoms with Crippen LogP contribution in [0, 0.1) is 0 Å². The molecule has 1 aromatic carbocycles. The van der Waals surface area contributed by atoms with Crippen LogP contribution in [0.5, 0.6) is 0 Å². The van der Waals surface area contributed by atoms with Gasteiger partial charge in [0.2, 0.25) is 5.95 Å². The van der Waals surface area contributed by atoms with Crippen LogP contribution < -0.4 is 5.32 Å². The summed E-state index contributed by atoms with van der Waals surface area (Å²) in [6.07, 6.45) is 3.32. The number of nitrogens with one attached hydrogen (secondary N) is 1. The van der Waals surface area contributed by atoms with Crippen molar-refractivity contribution in [2.24, 2.45) is 0 Å². The van der Waals surface area contributed by atoms with E-state index in [4.69, 9.17) is 5.11 Å². The van der Waals surface area contributed by atoms with E-state index in [-0.39, 0.29) is 11.9 Å². The van der Waals surface area contributed by atoms with Gasteiger partial charge in [-0.1, -0.05) is 18.7 Å². The molecule has 0 saturated heterocycles. The Morgan fingerprint density at radius 2 is 2.09 bits per heavy atom. The van der Waals surface area contributed by atoms with Gasteiger partial charge in [-0.3, -0.25) is 4.21 Å². The van der Waals surface area contributed by atoms with Gasteiger partial charge in [0.15, 0.2) is 0 Å². The highest BCUT2D eigenvalue weighted by atomic mass is 79.9. The Labute approximate surface area is 144 Å². The first-order chi connectivity index (χ1) is 10.5. The number of aromatic nitrogens is 2. The van der Waals surface area contributed by atoms with Gasteiger partial charge >= 0.3 is 0 Å². The zero-order valence-electron chi connectivity index (χ0n) is 12.1. The molecule has 0 saturated carbocycles. The highest BCUT2D eigenvalue weighted by Gasteiger charge is 2.10. The van der Waals surface area contributed by atoms with E-state index in [0.717, 1.165) is 20.1 Å². The fourth-order valence-electron chi connectivity index (χ4n) is 1.58. The third-order valence-corrected chi connectivity index (χ3v) is 5.59. The molecule has 2 unspecified atom stereocenters. The van der Waals surface area contributed by atoms with Gasteiger partial charge in [-0.15, -0.1) is 0 Å². The number of halogens is 1. The molecule has 0 spiro atoms. The van der Waals surface area contributed by atoms with Crippen LogP contribution in [0.2, 0.25) is 0 Å². The molecule has 0 aliphatic carbocycles. The lowest BCUT2D eigenvalue weighted by Crippen LogP contribution is -2.04. The number of anilines is 2. The monoisotopic (exact) mass is 401 g/mol. The molecule has 0 amide bonds. The average molecular weight is 402 g/mol. The Morgan fingerprint density at radius 3 is 2.68 bits per heavy atom. The van der Waals surface area contributed by atoms with Crippen LogP contribution in [0.1, 0.15) is 6.92 Å². The molecular formula is C14H16BrN3O2S2. The summed E-state index contributed by atoms with van der Waals surface area (Å²) in [5.74, 6) is 0.473. The highest BCUT2D eigenvalue weighted by Crippen LogP contribution is 2.29. The minimum atomic E-state index is -0.991. The largest absolute Gasteiger partial charge is 0.395 e. The molecule has 1 aromatic heterocycles. The van der Waals surface area contributed by atoms with Crippen LogP contribution >= 0.6 is 27.7 Å². The predicted octanol–water partition coefficient (Wildman–Crippen LogP) is 3.19. The molecule has 2 atom stereocenters. The first kappa shape index (κ1) is 17.4. The minimum Gasteiger partial charge on any atom is -0.395 e. The standard InChI is InChI=1S/C14H16BrN3O2S2/c1-9(8-19)21-13-12(15)7-16-14(18-13)17-10-3-5-11(6-4-10)22(2)20/h3-7,9,19H,8H2,1-2H3,(H,16,17,18). The van der Waals surface area contributed by atoms with Crippen molar-refractivity contribution >= 4 is 50.1 Å². The Balaban J connectivity index is 2.15. The van der Waals surface area contributed by atoms with Crippen molar-refractivity contribution in [3.63, 3.8) is 0 Å². The van der Waals surface area contributed by atoms with E-state index in [1.54, 1.807) is 24.6 Å². The van der Waals surface area contributed by atoms with Gasteiger partial charge in [-0.25, -0.2) is 9.97 Å². The van der Waals surface area contributed by atoms with Crippen LogP contribution in [-0.2, 0) is 10.8 Å². The number of hydrogen-bond donors (Lipinski definition) is 2. The Morgan fingerprint density at radius 1 is 1.41 bits per heavy atom. The third kappa shape index (κ3) is 4.77. The fraction of sp³-hybridized carbons (Fsp3) is 0.286. The molecule has 118 valence electrons. The van der Waals surface area contributed by atoms with Crippen molar-refractivity contribution in [3.8, 4) is 0 Å². The van der Waals surface area contributed by atoms with Crippen LogP contribution in [0.4, 0.5) is 11.6 Å².